The first kappa shape index (κ1) is 10.1. The molecule has 2 unspecified atom stereocenters. The fourth-order valence-corrected chi connectivity index (χ4v) is 1.61. The summed E-state index contributed by atoms with van der Waals surface area (Å²) in [6.45, 7) is 0. The number of carbonyl (C=O) groups excluding carboxylic acids is 2. The number of rotatable bonds is 2. The maximum Gasteiger partial charge on any atom is 0.309 e. The van der Waals surface area contributed by atoms with Crippen LogP contribution in [0.3, 0.4) is 0 Å². The van der Waals surface area contributed by atoms with Gasteiger partial charge in [-0.1, -0.05) is 0 Å². The second-order valence-corrected chi connectivity index (χ2v) is 3.15. The molecular formula is C8H12O5. The number of hydrogen-bond donors (Lipinski definition) is 2. The molecule has 0 aromatic heterocycles. The Labute approximate surface area is 75.3 Å². The van der Waals surface area contributed by atoms with E-state index in [1.54, 1.807) is 0 Å². The van der Waals surface area contributed by atoms with Crippen molar-refractivity contribution in [3.63, 3.8) is 0 Å². The SMILES string of the molecule is COC(=O)C1CC(=O)CC1C(O)O. The van der Waals surface area contributed by atoms with E-state index in [-0.39, 0.29) is 18.6 Å². The third kappa shape index (κ3) is 2.05. The van der Waals surface area contributed by atoms with E-state index < -0.39 is 24.1 Å². The van der Waals surface area contributed by atoms with Gasteiger partial charge in [0.15, 0.2) is 6.29 Å². The van der Waals surface area contributed by atoms with Gasteiger partial charge in [0.05, 0.1) is 13.0 Å². The largest absolute Gasteiger partial charge is 0.469 e. The van der Waals surface area contributed by atoms with E-state index >= 15 is 0 Å². The number of carbonyl (C=O) groups is 2. The number of ketones is 1. The van der Waals surface area contributed by atoms with Crippen LogP contribution in [-0.4, -0.2) is 35.4 Å². The topological polar surface area (TPSA) is 83.8 Å². The molecule has 1 rings (SSSR count). The summed E-state index contributed by atoms with van der Waals surface area (Å²) in [6.07, 6.45) is -1.54. The highest BCUT2D eigenvalue weighted by Crippen LogP contribution is 2.31. The molecule has 5 heteroatoms. The maximum atomic E-state index is 11.1. The molecule has 0 saturated heterocycles. The molecule has 1 aliphatic carbocycles. The molecule has 0 radical (unpaired) electrons. The average molecular weight is 188 g/mol. The number of hydrogen-bond acceptors (Lipinski definition) is 5. The van der Waals surface area contributed by atoms with Crippen LogP contribution in [0.4, 0.5) is 0 Å². The molecule has 2 N–H and O–H groups in total. The molecule has 0 aromatic rings. The van der Waals surface area contributed by atoms with Gasteiger partial charge in [-0.15, -0.1) is 0 Å². The van der Waals surface area contributed by atoms with E-state index in [9.17, 15) is 9.59 Å². The Morgan fingerprint density at radius 1 is 1.54 bits per heavy atom. The van der Waals surface area contributed by atoms with Crippen molar-refractivity contribution in [2.24, 2.45) is 11.8 Å². The summed E-state index contributed by atoms with van der Waals surface area (Å²) in [5.41, 5.74) is 0. The predicted molar refractivity (Wildman–Crippen MR) is 41.5 cm³/mol. The zero-order chi connectivity index (χ0) is 10.0. The van der Waals surface area contributed by atoms with Crippen molar-refractivity contribution in [2.45, 2.75) is 19.1 Å². The molecule has 13 heavy (non-hydrogen) atoms. The minimum Gasteiger partial charge on any atom is -0.469 e. The lowest BCUT2D eigenvalue weighted by atomic mass is 9.96. The molecule has 0 bridgehead atoms. The molecule has 74 valence electrons. The zero-order valence-electron chi connectivity index (χ0n) is 7.27. The summed E-state index contributed by atoms with van der Waals surface area (Å²) in [5, 5.41) is 17.8. The van der Waals surface area contributed by atoms with Gasteiger partial charge in [0.2, 0.25) is 0 Å². The van der Waals surface area contributed by atoms with Crippen LogP contribution in [0, 0.1) is 11.8 Å². The Morgan fingerprint density at radius 3 is 2.62 bits per heavy atom. The van der Waals surface area contributed by atoms with Crippen LogP contribution >= 0.6 is 0 Å². The molecular weight excluding hydrogens is 176 g/mol. The molecule has 0 amide bonds. The number of aliphatic hydroxyl groups is 2. The van der Waals surface area contributed by atoms with E-state index in [0.29, 0.717) is 0 Å². The molecule has 0 heterocycles. The first-order valence-electron chi connectivity index (χ1n) is 4.02. The quantitative estimate of drug-likeness (QED) is 0.432. The van der Waals surface area contributed by atoms with E-state index in [2.05, 4.69) is 4.74 Å². The van der Waals surface area contributed by atoms with Crippen molar-refractivity contribution < 1.29 is 24.5 Å². The fraction of sp³-hybridized carbons (Fsp3) is 0.750. The Balaban J connectivity index is 2.71. The van der Waals surface area contributed by atoms with Gasteiger partial charge in [-0.2, -0.15) is 0 Å². The Hall–Kier alpha value is -0.940. The fourth-order valence-electron chi connectivity index (χ4n) is 1.61. The van der Waals surface area contributed by atoms with Gasteiger partial charge in [-0.05, 0) is 0 Å². The molecule has 1 aliphatic rings. The van der Waals surface area contributed by atoms with E-state index in [0.717, 1.165) is 0 Å². The minimum absolute atomic E-state index is 0.0391. The lowest BCUT2D eigenvalue weighted by molar-refractivity contribution is -0.154. The number of Topliss-reactive ketones (excluding diaryl/α,β-unsaturated/α-hetero) is 1. The van der Waals surface area contributed by atoms with Crippen LogP contribution in [0.1, 0.15) is 12.8 Å². The summed E-state index contributed by atoms with van der Waals surface area (Å²) in [7, 11) is 1.21. The van der Waals surface area contributed by atoms with Crippen molar-refractivity contribution in [3.05, 3.63) is 0 Å². The summed E-state index contributed by atoms with van der Waals surface area (Å²) in [4.78, 5) is 22.0. The molecule has 1 fully saturated rings. The summed E-state index contributed by atoms with van der Waals surface area (Å²) in [6, 6.07) is 0. The number of aliphatic hydroxyl groups excluding tert-OH is 1. The van der Waals surface area contributed by atoms with Crippen LogP contribution in [0.2, 0.25) is 0 Å². The molecule has 0 aliphatic heterocycles. The lowest BCUT2D eigenvalue weighted by Gasteiger charge is -2.17. The van der Waals surface area contributed by atoms with Crippen LogP contribution in [-0.2, 0) is 14.3 Å². The number of ether oxygens (including phenoxy) is 1. The van der Waals surface area contributed by atoms with Gasteiger partial charge in [0.25, 0.3) is 0 Å². The second kappa shape index (κ2) is 3.85. The molecule has 1 saturated carbocycles. The standard InChI is InChI=1S/C8H12O5/c1-13-8(12)6-3-4(9)2-5(6)7(10)11/h5-7,10-11H,2-3H2,1H3. The van der Waals surface area contributed by atoms with E-state index in [1.807, 2.05) is 0 Å². The summed E-state index contributed by atoms with van der Waals surface area (Å²) >= 11 is 0. The van der Waals surface area contributed by atoms with Crippen molar-refractivity contribution in [1.29, 1.82) is 0 Å². The smallest absolute Gasteiger partial charge is 0.309 e. The minimum atomic E-state index is -1.63. The molecule has 5 nitrogen and oxygen atoms in total. The van der Waals surface area contributed by atoms with Gasteiger partial charge in [0, 0.05) is 18.8 Å². The van der Waals surface area contributed by atoms with Crippen molar-refractivity contribution in [1.82, 2.24) is 0 Å². The van der Waals surface area contributed by atoms with Crippen LogP contribution in [0.15, 0.2) is 0 Å². The predicted octanol–water partition coefficient (Wildman–Crippen LogP) is -0.935. The van der Waals surface area contributed by atoms with Gasteiger partial charge in [-0.3, -0.25) is 9.59 Å². The highest BCUT2D eigenvalue weighted by molar-refractivity contribution is 5.88. The van der Waals surface area contributed by atoms with E-state index in [1.165, 1.54) is 7.11 Å². The van der Waals surface area contributed by atoms with Crippen LogP contribution in [0.5, 0.6) is 0 Å². The first-order valence-corrected chi connectivity index (χ1v) is 4.02. The maximum absolute atomic E-state index is 11.1. The highest BCUT2D eigenvalue weighted by Gasteiger charge is 2.41. The van der Waals surface area contributed by atoms with Gasteiger partial charge < -0.3 is 14.9 Å². The Morgan fingerprint density at radius 2 is 2.15 bits per heavy atom. The molecule has 0 aromatic carbocycles. The average Bonchev–Trinajstić information content (AvgIpc) is 2.46. The summed E-state index contributed by atoms with van der Waals surface area (Å²) in [5.74, 6) is -2.09. The lowest BCUT2D eigenvalue weighted by Crippen LogP contribution is -2.29. The van der Waals surface area contributed by atoms with E-state index in [4.69, 9.17) is 10.2 Å². The van der Waals surface area contributed by atoms with Crippen molar-refractivity contribution in [2.75, 3.05) is 7.11 Å². The first-order chi connectivity index (χ1) is 6.06. The normalized spacial score (nSPS) is 28.2. The highest BCUT2D eigenvalue weighted by atomic mass is 16.5. The second-order valence-electron chi connectivity index (χ2n) is 3.15. The third-order valence-corrected chi connectivity index (χ3v) is 2.31. The third-order valence-electron chi connectivity index (χ3n) is 2.31. The monoisotopic (exact) mass is 188 g/mol. The zero-order valence-corrected chi connectivity index (χ0v) is 7.27. The summed E-state index contributed by atoms with van der Waals surface area (Å²) < 4.78 is 4.45. The van der Waals surface area contributed by atoms with Crippen LogP contribution < -0.4 is 0 Å². The van der Waals surface area contributed by atoms with Gasteiger partial charge in [0.1, 0.15) is 5.78 Å². The Bertz CT molecular complexity index is 223. The van der Waals surface area contributed by atoms with Gasteiger partial charge in [-0.25, -0.2) is 0 Å². The number of methoxy groups -OCH3 is 1. The van der Waals surface area contributed by atoms with Gasteiger partial charge >= 0.3 is 5.97 Å². The van der Waals surface area contributed by atoms with Crippen molar-refractivity contribution in [3.8, 4) is 0 Å². The van der Waals surface area contributed by atoms with Crippen molar-refractivity contribution >= 4 is 11.8 Å². The molecule has 2 atom stereocenters. The molecule has 0 spiro atoms. The van der Waals surface area contributed by atoms with Crippen LogP contribution in [0.25, 0.3) is 0 Å². The Kier molecular flexibility index (Phi) is 3.00. The number of esters is 1.